The molecule has 0 amide bonds. The molecule has 0 aliphatic heterocycles. The Hall–Kier alpha value is -9.62. The highest BCUT2D eigenvalue weighted by Gasteiger charge is 2.57. The topological polar surface area (TPSA) is 486 Å². The quantitative estimate of drug-likeness (QED) is 0.0271. The lowest BCUT2D eigenvalue weighted by molar-refractivity contribution is -0.169. The van der Waals surface area contributed by atoms with Gasteiger partial charge in [0.25, 0.3) is 0 Å². The summed E-state index contributed by atoms with van der Waals surface area (Å²) in [4.78, 5) is 191. The first-order valence-electron chi connectivity index (χ1n) is 36.5. The molecule has 0 aromatic carbocycles. The summed E-state index contributed by atoms with van der Waals surface area (Å²) < 4.78 is 86.6. The summed E-state index contributed by atoms with van der Waals surface area (Å²) in [5.41, 5.74) is -2.01. The highest BCUT2D eigenvalue weighted by molar-refractivity contribution is 7.99. The Morgan fingerprint density at radius 1 is 0.287 bits per heavy atom. The van der Waals surface area contributed by atoms with Gasteiger partial charge in [-0.3, -0.25) is 76.7 Å². The number of carbonyl (C=O) groups excluding carboxylic acids is 17. The van der Waals surface area contributed by atoms with Crippen molar-refractivity contribution in [1.82, 2.24) is 0 Å². The highest BCUT2D eigenvalue weighted by Crippen LogP contribution is 2.44. The Bertz CT molecular complexity index is 2700. The predicted octanol–water partition coefficient (Wildman–Crippen LogP) is 7.26. The Labute approximate surface area is 679 Å². The molecule has 0 heterocycles. The molecule has 1 N–H and O–H groups in total. The molecule has 38 heteroatoms. The first-order valence-corrected chi connectivity index (χ1v) is 37.7. The van der Waals surface area contributed by atoms with Gasteiger partial charge in [-0.25, -0.2) is 4.79 Å². The molecule has 0 aromatic heterocycles. The van der Waals surface area contributed by atoms with Crippen molar-refractivity contribution in [2.75, 3.05) is 147 Å². The van der Waals surface area contributed by atoms with Gasteiger partial charge in [0.15, 0.2) is 5.60 Å². The number of hydrogen-bond donors (Lipinski definition) is 1. The molecule has 115 heavy (non-hydrogen) atoms. The van der Waals surface area contributed by atoms with E-state index in [1.807, 2.05) is 0 Å². The van der Waals surface area contributed by atoms with E-state index >= 15 is 0 Å². The number of unbranched alkanes of at least 4 members (excludes halogenated alkanes) is 12. The van der Waals surface area contributed by atoms with Crippen molar-refractivity contribution >= 4 is 113 Å². The lowest BCUT2D eigenvalue weighted by Crippen LogP contribution is -2.42. The summed E-state index contributed by atoms with van der Waals surface area (Å²) >= 11 is 1.54. The molecule has 0 bridgehead atoms. The summed E-state index contributed by atoms with van der Waals surface area (Å²) in [5, 5.41) is 9.97. The van der Waals surface area contributed by atoms with Gasteiger partial charge >= 0.3 is 101 Å². The van der Waals surface area contributed by atoms with Gasteiger partial charge in [0.2, 0.25) is 0 Å². The zero-order valence-electron chi connectivity index (χ0n) is 70.6. The van der Waals surface area contributed by atoms with Crippen LogP contribution >= 0.6 is 11.8 Å². The maximum atomic E-state index is 11.9. The van der Waals surface area contributed by atoms with Crippen molar-refractivity contribution in [3.63, 3.8) is 0 Å². The zero-order valence-corrected chi connectivity index (χ0v) is 71.5. The number of aliphatic hydroxyl groups is 1. The second kappa shape index (κ2) is 75.7. The first kappa shape index (κ1) is 116. The maximum absolute atomic E-state index is 11.9. The molecule has 37 nitrogen and oxygen atoms in total. The van der Waals surface area contributed by atoms with Gasteiger partial charge in [0.1, 0.15) is 0 Å². The Balaban J connectivity index is -0.000000303. The Morgan fingerprint density at radius 2 is 0.539 bits per heavy atom. The summed E-state index contributed by atoms with van der Waals surface area (Å²) in [6.45, 7) is 7.22. The van der Waals surface area contributed by atoms with Crippen molar-refractivity contribution in [2.24, 2.45) is 35.5 Å². The van der Waals surface area contributed by atoms with E-state index in [4.69, 9.17) is 9.47 Å². The van der Waals surface area contributed by atoms with E-state index in [9.17, 15) is 86.6 Å². The number of thioether (sulfide) groups is 1. The number of allylic oxidation sites excluding steroid dienone is 1. The lowest BCUT2D eigenvalue weighted by atomic mass is 9.86. The number of ether oxygens (including phenoxy) is 19. The Morgan fingerprint density at radius 3 is 0.774 bits per heavy atom. The van der Waals surface area contributed by atoms with E-state index in [0.717, 1.165) is 173 Å². The van der Waals surface area contributed by atoms with E-state index in [2.05, 4.69) is 93.7 Å². The molecule has 1 aliphatic rings. The fourth-order valence-corrected chi connectivity index (χ4v) is 10.8. The number of rotatable bonds is 48. The van der Waals surface area contributed by atoms with Crippen LogP contribution in [0.15, 0.2) is 24.7 Å². The number of carbonyl (C=O) groups is 17. The van der Waals surface area contributed by atoms with Gasteiger partial charge in [0.05, 0.1) is 214 Å². The van der Waals surface area contributed by atoms with Crippen LogP contribution in [0.5, 0.6) is 0 Å². The zero-order chi connectivity index (χ0) is 89.3. The van der Waals surface area contributed by atoms with E-state index in [0.29, 0.717) is 56.5 Å². The molecule has 0 radical (unpaired) electrons. The average Bonchev–Trinajstić information content (AvgIpc) is 1.61. The van der Waals surface area contributed by atoms with E-state index in [1.54, 1.807) is 7.11 Å². The average molecular weight is 1680 g/mol. The summed E-state index contributed by atoms with van der Waals surface area (Å²) in [5.74, 6) is -12.9. The van der Waals surface area contributed by atoms with Gasteiger partial charge in [-0.15, -0.1) is 0 Å². The summed E-state index contributed by atoms with van der Waals surface area (Å²) in [6.07, 6.45) is 17.8. The van der Waals surface area contributed by atoms with Crippen LogP contribution in [0, 0.1) is 35.5 Å². The number of hydrogen-bond acceptors (Lipinski definition) is 38. The molecular formula is C77H128O37S. The second-order valence-corrected chi connectivity index (χ2v) is 25.5. The maximum Gasteiger partial charge on any atom is 0.338 e. The molecule has 1 aliphatic carbocycles. The first-order chi connectivity index (χ1) is 54.5. The van der Waals surface area contributed by atoms with Crippen molar-refractivity contribution < 1.29 is 177 Å². The van der Waals surface area contributed by atoms with Gasteiger partial charge in [0, 0.05) is 56.5 Å². The number of esters is 17. The third kappa shape index (κ3) is 60.6. The summed E-state index contributed by atoms with van der Waals surface area (Å²) in [7, 11) is 24.1. The smallest absolute Gasteiger partial charge is 0.338 e. The van der Waals surface area contributed by atoms with Crippen LogP contribution in [0.1, 0.15) is 180 Å². The molecule has 1 saturated carbocycles. The van der Waals surface area contributed by atoms with Crippen LogP contribution in [0.2, 0.25) is 0 Å². The molecule has 7 atom stereocenters. The SMILES string of the molecule is C=C(CC(O)(CC(=O)OC)C(=O)OC)OC.C=C(CCCCCCCC(=O)OC)OC.COC(=O)C1CC(C(=O)OC)C(C(=O)OC)C1C(=O)OC.COC(=O)CC(C(=O)OC)C(CC(=O)OC)C(=O)OC.COC(=O)CCCCCCC(=O)OC.COC(=O)CCCCCCCCC(=O)OC.COC(=O)CCSCCC(=O)OC. The van der Waals surface area contributed by atoms with Gasteiger partial charge in [-0.1, -0.05) is 70.9 Å². The molecule has 7 unspecified atom stereocenters. The third-order valence-electron chi connectivity index (χ3n) is 16.6. The van der Waals surface area contributed by atoms with Crippen LogP contribution in [0.25, 0.3) is 0 Å². The van der Waals surface area contributed by atoms with Crippen molar-refractivity contribution in [3.8, 4) is 0 Å². The minimum Gasteiger partial charge on any atom is -0.502 e. The monoisotopic (exact) mass is 1680 g/mol. The van der Waals surface area contributed by atoms with Crippen molar-refractivity contribution in [2.45, 2.75) is 185 Å². The molecule has 0 aromatic rings. The fourth-order valence-electron chi connectivity index (χ4n) is 9.95. The van der Waals surface area contributed by atoms with Gasteiger partial charge in [-0.2, -0.15) is 11.8 Å². The predicted molar refractivity (Wildman–Crippen MR) is 409 cm³/mol. The minimum atomic E-state index is -2.01. The van der Waals surface area contributed by atoms with E-state index in [-0.39, 0.29) is 60.4 Å². The van der Waals surface area contributed by atoms with Crippen LogP contribution in [0.4, 0.5) is 0 Å². The highest BCUT2D eigenvalue weighted by atomic mass is 32.2. The van der Waals surface area contributed by atoms with Crippen LogP contribution < -0.4 is 0 Å². The standard InChI is InChI=1S/C13H18O8.C12H18O8.C12H22O4.C12H22O3.C10H16O6.C10H18O4.C8H14O4S/c1-18-10(14)6-5-7(11(15)19-2)9(13(17)21-4)8(6)12(16)20-3;1-17-9(13)5-7(11(15)19-3)8(12(16)20-4)6-10(14)18-2;1-15-11(13)9-7-5-3-4-6-8-10-12(14)16-2;1-11(14-2)9-7-5-4-6-8-10-12(13)15-3;1-7(14-2)5-10(13,9(12)16-4)6-8(11)15-3;1-13-9(11)7-5-3-4-6-8-10(12)14-2;1-11-7(9)3-5-13-6-4-8(10)12-2/h6-9H,5H2,1-4H3;7-8H,5-6H2,1-4H3;3-10H2,1-2H3;1,4-10H2,2-3H3;13H,1,5-6H2,2-4H3;3-8H2,1-2H3;3-6H2,1-2H3. The largest absolute Gasteiger partial charge is 0.502 e. The van der Waals surface area contributed by atoms with Crippen molar-refractivity contribution in [3.05, 3.63) is 24.7 Å². The molecule has 664 valence electrons. The van der Waals surface area contributed by atoms with Gasteiger partial charge in [-0.05, 0) is 44.9 Å². The summed E-state index contributed by atoms with van der Waals surface area (Å²) in [6, 6.07) is 0. The third-order valence-corrected chi connectivity index (χ3v) is 17.6. The van der Waals surface area contributed by atoms with Crippen LogP contribution in [-0.4, -0.2) is 259 Å². The van der Waals surface area contributed by atoms with Crippen LogP contribution in [0.3, 0.4) is 0 Å². The lowest BCUT2D eigenvalue weighted by Gasteiger charge is -2.24. The van der Waals surface area contributed by atoms with E-state index < -0.39 is 120 Å². The van der Waals surface area contributed by atoms with Crippen molar-refractivity contribution in [1.29, 1.82) is 0 Å². The van der Waals surface area contributed by atoms with E-state index in [1.165, 1.54) is 75.1 Å². The molecular weight excluding hydrogens is 1550 g/mol. The van der Waals surface area contributed by atoms with Gasteiger partial charge < -0.3 is 95.1 Å². The molecule has 1 fully saturated rings. The normalized spacial score (nSPS) is 14.0. The molecule has 0 spiro atoms. The molecule has 0 saturated heterocycles. The Kier molecular flexibility index (Phi) is 76.5. The molecule has 1 rings (SSSR count). The fraction of sp³-hybridized carbons (Fsp3) is 0.727. The number of methoxy groups -OCH3 is 19. The second-order valence-electron chi connectivity index (χ2n) is 24.3. The minimum absolute atomic E-state index is 0.0428. The van der Waals surface area contributed by atoms with Crippen LogP contribution in [-0.2, 0) is 172 Å².